The summed E-state index contributed by atoms with van der Waals surface area (Å²) in [6.45, 7) is 17.0. The second-order valence-electron chi connectivity index (χ2n) is 6.50. The zero-order chi connectivity index (χ0) is 13.4. The van der Waals surface area contributed by atoms with Crippen LogP contribution < -0.4 is 5.73 Å². The molecule has 0 aliphatic rings. The molecule has 0 heterocycles. The lowest BCUT2D eigenvalue weighted by Crippen LogP contribution is -2.36. The van der Waals surface area contributed by atoms with E-state index in [1.807, 2.05) is 0 Å². The predicted molar refractivity (Wildman–Crippen MR) is 78.2 cm³/mol. The molecule has 0 fully saturated rings. The lowest BCUT2D eigenvalue weighted by molar-refractivity contribution is 0.180. The quantitative estimate of drug-likeness (QED) is 0.672. The lowest BCUT2D eigenvalue weighted by Gasteiger charge is -2.30. The zero-order valence-corrected chi connectivity index (χ0v) is 12.9. The Kier molecular flexibility index (Phi) is 8.89. The SMILES string of the molecule is CC(C)CC(CN)CCN(CC(C)C)C(C)C. The normalized spacial score (nSPS) is 14.3. The van der Waals surface area contributed by atoms with Crippen molar-refractivity contribution in [3.63, 3.8) is 0 Å². The Morgan fingerprint density at radius 2 is 1.53 bits per heavy atom. The largest absolute Gasteiger partial charge is 0.330 e. The molecule has 0 rings (SSSR count). The Labute approximate surface area is 109 Å². The van der Waals surface area contributed by atoms with Crippen molar-refractivity contribution in [2.45, 2.75) is 60.4 Å². The van der Waals surface area contributed by atoms with Crippen LogP contribution >= 0.6 is 0 Å². The van der Waals surface area contributed by atoms with Gasteiger partial charge in [0.2, 0.25) is 0 Å². The zero-order valence-electron chi connectivity index (χ0n) is 12.9. The molecule has 0 spiro atoms. The first-order valence-electron chi connectivity index (χ1n) is 7.30. The summed E-state index contributed by atoms with van der Waals surface area (Å²) < 4.78 is 0. The van der Waals surface area contributed by atoms with E-state index in [0.717, 1.165) is 18.4 Å². The third-order valence-corrected chi connectivity index (χ3v) is 3.29. The topological polar surface area (TPSA) is 29.3 Å². The first-order chi connectivity index (χ1) is 7.86. The highest BCUT2D eigenvalue weighted by Crippen LogP contribution is 2.16. The van der Waals surface area contributed by atoms with Gasteiger partial charge in [0.25, 0.3) is 0 Å². The maximum Gasteiger partial charge on any atom is 0.00387 e. The van der Waals surface area contributed by atoms with Crippen LogP contribution in [0.3, 0.4) is 0 Å². The minimum absolute atomic E-state index is 0.648. The van der Waals surface area contributed by atoms with Crippen LogP contribution in [-0.2, 0) is 0 Å². The van der Waals surface area contributed by atoms with Gasteiger partial charge in [0.1, 0.15) is 0 Å². The second-order valence-corrected chi connectivity index (χ2v) is 6.50. The van der Waals surface area contributed by atoms with Crippen LogP contribution in [-0.4, -0.2) is 30.6 Å². The molecule has 2 heteroatoms. The van der Waals surface area contributed by atoms with Gasteiger partial charge in [-0.25, -0.2) is 0 Å². The van der Waals surface area contributed by atoms with Gasteiger partial charge in [-0.15, -0.1) is 0 Å². The third-order valence-electron chi connectivity index (χ3n) is 3.29. The van der Waals surface area contributed by atoms with Crippen LogP contribution in [0, 0.1) is 17.8 Å². The molecule has 0 aliphatic carbocycles. The molecule has 0 radical (unpaired) electrons. The monoisotopic (exact) mass is 242 g/mol. The van der Waals surface area contributed by atoms with Crippen molar-refractivity contribution < 1.29 is 0 Å². The number of nitrogens with two attached hydrogens (primary N) is 1. The van der Waals surface area contributed by atoms with E-state index >= 15 is 0 Å². The standard InChI is InChI=1S/C15H34N2/c1-12(2)9-15(10-16)7-8-17(14(5)6)11-13(3)4/h12-15H,7-11,16H2,1-6H3. The van der Waals surface area contributed by atoms with Crippen molar-refractivity contribution in [1.29, 1.82) is 0 Å². The van der Waals surface area contributed by atoms with Gasteiger partial charge in [0.15, 0.2) is 0 Å². The van der Waals surface area contributed by atoms with Crippen LogP contribution in [0.4, 0.5) is 0 Å². The Balaban J connectivity index is 4.08. The van der Waals surface area contributed by atoms with Crippen LogP contribution in [0.2, 0.25) is 0 Å². The van der Waals surface area contributed by atoms with Crippen molar-refractivity contribution in [1.82, 2.24) is 4.90 Å². The maximum atomic E-state index is 5.87. The fourth-order valence-corrected chi connectivity index (χ4v) is 2.38. The third kappa shape index (κ3) is 8.62. The van der Waals surface area contributed by atoms with E-state index in [9.17, 15) is 0 Å². The molecule has 0 amide bonds. The average molecular weight is 242 g/mol. The van der Waals surface area contributed by atoms with E-state index in [-0.39, 0.29) is 0 Å². The molecule has 0 bridgehead atoms. The minimum atomic E-state index is 0.648. The van der Waals surface area contributed by atoms with Gasteiger partial charge in [-0.3, -0.25) is 0 Å². The van der Waals surface area contributed by atoms with E-state index in [0.29, 0.717) is 12.0 Å². The van der Waals surface area contributed by atoms with Gasteiger partial charge >= 0.3 is 0 Å². The number of hydrogen-bond acceptors (Lipinski definition) is 2. The predicted octanol–water partition coefficient (Wildman–Crippen LogP) is 3.36. The highest BCUT2D eigenvalue weighted by atomic mass is 15.1. The first kappa shape index (κ1) is 16.9. The Morgan fingerprint density at radius 3 is 1.88 bits per heavy atom. The summed E-state index contributed by atoms with van der Waals surface area (Å²) in [4.78, 5) is 2.59. The van der Waals surface area contributed by atoms with E-state index < -0.39 is 0 Å². The summed E-state index contributed by atoms with van der Waals surface area (Å²) >= 11 is 0. The molecule has 2 N–H and O–H groups in total. The fourth-order valence-electron chi connectivity index (χ4n) is 2.38. The van der Waals surface area contributed by atoms with Gasteiger partial charge in [0, 0.05) is 12.6 Å². The average Bonchev–Trinajstić information content (AvgIpc) is 2.20. The molecule has 17 heavy (non-hydrogen) atoms. The summed E-state index contributed by atoms with van der Waals surface area (Å²) in [6.07, 6.45) is 2.52. The van der Waals surface area contributed by atoms with E-state index in [2.05, 4.69) is 46.4 Å². The van der Waals surface area contributed by atoms with Crippen molar-refractivity contribution in [3.8, 4) is 0 Å². The summed E-state index contributed by atoms with van der Waals surface area (Å²) in [5, 5.41) is 0. The molecular formula is C15H34N2. The summed E-state index contributed by atoms with van der Waals surface area (Å²) in [6, 6.07) is 0.648. The second kappa shape index (κ2) is 8.93. The summed E-state index contributed by atoms with van der Waals surface area (Å²) in [7, 11) is 0. The molecule has 0 saturated carbocycles. The minimum Gasteiger partial charge on any atom is -0.330 e. The van der Waals surface area contributed by atoms with E-state index in [4.69, 9.17) is 5.73 Å². The molecule has 0 aliphatic heterocycles. The molecule has 1 atom stereocenters. The summed E-state index contributed by atoms with van der Waals surface area (Å²) in [5.74, 6) is 2.21. The highest BCUT2D eigenvalue weighted by molar-refractivity contribution is 4.69. The smallest absolute Gasteiger partial charge is 0.00387 e. The van der Waals surface area contributed by atoms with Crippen LogP contribution in [0.1, 0.15) is 54.4 Å². The Hall–Kier alpha value is -0.0800. The van der Waals surface area contributed by atoms with Crippen molar-refractivity contribution in [2.24, 2.45) is 23.5 Å². The molecule has 1 unspecified atom stereocenters. The van der Waals surface area contributed by atoms with Gasteiger partial charge < -0.3 is 10.6 Å². The van der Waals surface area contributed by atoms with Crippen molar-refractivity contribution >= 4 is 0 Å². The van der Waals surface area contributed by atoms with Crippen molar-refractivity contribution in [3.05, 3.63) is 0 Å². The van der Waals surface area contributed by atoms with Crippen LogP contribution in [0.25, 0.3) is 0 Å². The Morgan fingerprint density at radius 1 is 0.941 bits per heavy atom. The van der Waals surface area contributed by atoms with Gasteiger partial charge in [-0.1, -0.05) is 27.7 Å². The molecule has 0 saturated heterocycles. The maximum absolute atomic E-state index is 5.87. The molecular weight excluding hydrogens is 208 g/mol. The van der Waals surface area contributed by atoms with Crippen LogP contribution in [0.5, 0.6) is 0 Å². The van der Waals surface area contributed by atoms with Gasteiger partial charge in [-0.2, -0.15) is 0 Å². The number of rotatable bonds is 9. The van der Waals surface area contributed by atoms with E-state index in [1.165, 1.54) is 25.9 Å². The molecule has 2 nitrogen and oxygen atoms in total. The van der Waals surface area contributed by atoms with Crippen molar-refractivity contribution in [2.75, 3.05) is 19.6 Å². The molecule has 104 valence electrons. The van der Waals surface area contributed by atoms with E-state index in [1.54, 1.807) is 0 Å². The molecule has 0 aromatic carbocycles. The number of nitrogens with zero attached hydrogens (tertiary/aromatic N) is 1. The van der Waals surface area contributed by atoms with Gasteiger partial charge in [-0.05, 0) is 57.5 Å². The lowest BCUT2D eigenvalue weighted by atomic mass is 9.94. The summed E-state index contributed by atoms with van der Waals surface area (Å²) in [5.41, 5.74) is 5.87. The van der Waals surface area contributed by atoms with Crippen LogP contribution in [0.15, 0.2) is 0 Å². The Bertz CT molecular complexity index is 176. The van der Waals surface area contributed by atoms with Gasteiger partial charge in [0.05, 0.1) is 0 Å². The fraction of sp³-hybridized carbons (Fsp3) is 1.00. The highest BCUT2D eigenvalue weighted by Gasteiger charge is 2.15. The molecule has 0 aromatic heterocycles. The molecule has 0 aromatic rings. The first-order valence-corrected chi connectivity index (χ1v) is 7.30. The number of hydrogen-bond donors (Lipinski definition) is 1.